The van der Waals surface area contributed by atoms with Crippen molar-refractivity contribution in [3.63, 3.8) is 0 Å². The first-order valence-electron chi connectivity index (χ1n) is 6.96. The Balaban J connectivity index is 1.79. The maximum Gasteiger partial charge on any atom is 0.139 e. The van der Waals surface area contributed by atoms with Crippen LogP contribution in [0.1, 0.15) is 24.0 Å². The second-order valence-electron chi connectivity index (χ2n) is 5.49. The molecule has 0 atom stereocenters. The van der Waals surface area contributed by atoms with Gasteiger partial charge in [-0.2, -0.15) is 0 Å². The third kappa shape index (κ3) is 2.42. The summed E-state index contributed by atoms with van der Waals surface area (Å²) in [5.74, 6) is 0.994. The summed E-state index contributed by atoms with van der Waals surface area (Å²) in [5.41, 5.74) is 7.54. The number of piperazine rings is 1. The second kappa shape index (κ2) is 4.81. The molecule has 2 heterocycles. The molecule has 0 bridgehead atoms. The highest BCUT2D eigenvalue weighted by Crippen LogP contribution is 2.29. The Morgan fingerprint density at radius 1 is 1.32 bits per heavy atom. The fourth-order valence-corrected chi connectivity index (χ4v) is 2.86. The average Bonchev–Trinajstić information content (AvgIpc) is 3.22. The van der Waals surface area contributed by atoms with E-state index in [1.807, 2.05) is 19.2 Å². The molecule has 2 aliphatic rings. The molecule has 19 heavy (non-hydrogen) atoms. The van der Waals surface area contributed by atoms with Crippen molar-refractivity contribution in [3.8, 4) is 0 Å². The van der Waals surface area contributed by atoms with E-state index >= 15 is 0 Å². The van der Waals surface area contributed by atoms with Crippen LogP contribution >= 0.6 is 0 Å². The van der Waals surface area contributed by atoms with Crippen LogP contribution in [0, 0.1) is 12.3 Å². The van der Waals surface area contributed by atoms with E-state index in [4.69, 9.17) is 11.1 Å². The molecule has 1 aromatic heterocycles. The molecular formula is C14H21N5. The maximum atomic E-state index is 7.75. The fourth-order valence-electron chi connectivity index (χ4n) is 2.86. The first-order valence-corrected chi connectivity index (χ1v) is 6.96. The topological polar surface area (TPSA) is 69.2 Å². The highest BCUT2D eigenvalue weighted by atomic mass is 15.3. The maximum absolute atomic E-state index is 7.75. The van der Waals surface area contributed by atoms with Crippen molar-refractivity contribution in [1.29, 1.82) is 5.41 Å². The molecule has 1 saturated carbocycles. The van der Waals surface area contributed by atoms with Gasteiger partial charge in [0.15, 0.2) is 0 Å². The van der Waals surface area contributed by atoms with Crippen molar-refractivity contribution in [3.05, 3.63) is 23.4 Å². The van der Waals surface area contributed by atoms with Crippen molar-refractivity contribution in [2.75, 3.05) is 31.1 Å². The number of pyridine rings is 1. The van der Waals surface area contributed by atoms with Gasteiger partial charge in [0, 0.05) is 38.4 Å². The smallest absolute Gasteiger partial charge is 0.139 e. The van der Waals surface area contributed by atoms with Gasteiger partial charge in [0.05, 0.1) is 5.56 Å². The van der Waals surface area contributed by atoms with Crippen LogP contribution in [-0.4, -0.2) is 47.9 Å². The summed E-state index contributed by atoms with van der Waals surface area (Å²) in [7, 11) is 0. The number of nitrogens with one attached hydrogen (secondary N) is 1. The number of aromatic nitrogens is 1. The van der Waals surface area contributed by atoms with E-state index in [9.17, 15) is 0 Å². The highest BCUT2D eigenvalue weighted by Gasteiger charge is 2.32. The van der Waals surface area contributed by atoms with E-state index in [1.165, 1.54) is 12.8 Å². The number of nitrogens with two attached hydrogens (primary N) is 1. The summed E-state index contributed by atoms with van der Waals surface area (Å²) in [6, 6.07) is 2.75. The van der Waals surface area contributed by atoms with Crippen LogP contribution in [-0.2, 0) is 0 Å². The normalized spacial score (nSPS) is 20.6. The summed E-state index contributed by atoms with van der Waals surface area (Å²) < 4.78 is 0. The Morgan fingerprint density at radius 2 is 2.00 bits per heavy atom. The summed E-state index contributed by atoms with van der Waals surface area (Å²) in [6.07, 6.45) is 4.53. The highest BCUT2D eigenvalue weighted by molar-refractivity contribution is 6.01. The minimum atomic E-state index is 0.116. The van der Waals surface area contributed by atoms with Gasteiger partial charge in [0.2, 0.25) is 0 Å². The Bertz CT molecular complexity index is 487. The van der Waals surface area contributed by atoms with Gasteiger partial charge in [-0.25, -0.2) is 4.98 Å². The number of nitrogen functional groups attached to an aromatic ring is 1. The third-order valence-electron chi connectivity index (χ3n) is 4.09. The van der Waals surface area contributed by atoms with Gasteiger partial charge in [0.1, 0.15) is 11.7 Å². The molecule has 1 aliphatic heterocycles. The van der Waals surface area contributed by atoms with Crippen LogP contribution in [0.2, 0.25) is 0 Å². The molecule has 102 valence electrons. The van der Waals surface area contributed by atoms with Crippen molar-refractivity contribution >= 4 is 11.7 Å². The number of hydrogen-bond acceptors (Lipinski definition) is 4. The molecule has 3 N–H and O–H groups in total. The number of amidine groups is 1. The Hall–Kier alpha value is -1.62. The predicted octanol–water partition coefficient (Wildman–Crippen LogP) is 0.958. The largest absolute Gasteiger partial charge is 0.384 e. The van der Waals surface area contributed by atoms with Crippen molar-refractivity contribution in [2.45, 2.75) is 25.8 Å². The molecule has 3 rings (SSSR count). The van der Waals surface area contributed by atoms with E-state index in [-0.39, 0.29) is 5.84 Å². The van der Waals surface area contributed by atoms with E-state index in [1.54, 1.807) is 0 Å². The lowest BCUT2D eigenvalue weighted by Crippen LogP contribution is -2.48. The number of rotatable bonds is 3. The lowest BCUT2D eigenvalue weighted by Gasteiger charge is -2.36. The molecular weight excluding hydrogens is 238 g/mol. The predicted molar refractivity (Wildman–Crippen MR) is 76.8 cm³/mol. The molecule has 0 unspecified atom stereocenters. The number of aryl methyl sites for hydroxylation is 1. The van der Waals surface area contributed by atoms with Crippen LogP contribution in [0.4, 0.5) is 5.82 Å². The zero-order valence-corrected chi connectivity index (χ0v) is 11.4. The molecule has 0 spiro atoms. The van der Waals surface area contributed by atoms with Gasteiger partial charge in [-0.1, -0.05) is 0 Å². The monoisotopic (exact) mass is 259 g/mol. The zero-order chi connectivity index (χ0) is 13.4. The van der Waals surface area contributed by atoms with Gasteiger partial charge in [-0.15, -0.1) is 0 Å². The minimum Gasteiger partial charge on any atom is -0.384 e. The van der Waals surface area contributed by atoms with Crippen molar-refractivity contribution in [2.24, 2.45) is 5.73 Å². The fraction of sp³-hybridized carbons (Fsp3) is 0.571. The van der Waals surface area contributed by atoms with Crippen LogP contribution in [0.25, 0.3) is 0 Å². The molecule has 1 aliphatic carbocycles. The molecule has 0 amide bonds. The first kappa shape index (κ1) is 12.4. The van der Waals surface area contributed by atoms with Gasteiger partial charge in [-0.05, 0) is 31.4 Å². The van der Waals surface area contributed by atoms with Crippen LogP contribution in [0.3, 0.4) is 0 Å². The molecule has 2 fully saturated rings. The standard InChI is InChI=1S/C14H21N5/c1-10-4-5-17-14(12(10)13(15)16)19-8-6-18(7-9-19)11-2-3-11/h4-5,11H,2-3,6-9H2,1H3,(H3,15,16). The zero-order valence-electron chi connectivity index (χ0n) is 11.4. The van der Waals surface area contributed by atoms with Crippen LogP contribution in [0.5, 0.6) is 0 Å². The van der Waals surface area contributed by atoms with Crippen molar-refractivity contribution in [1.82, 2.24) is 9.88 Å². The van der Waals surface area contributed by atoms with E-state index in [2.05, 4.69) is 14.8 Å². The molecule has 1 aromatic rings. The summed E-state index contributed by atoms with van der Waals surface area (Å²) in [6.45, 7) is 6.14. The van der Waals surface area contributed by atoms with Crippen molar-refractivity contribution < 1.29 is 0 Å². The van der Waals surface area contributed by atoms with Crippen LogP contribution in [0.15, 0.2) is 12.3 Å². The lowest BCUT2D eigenvalue weighted by molar-refractivity contribution is 0.247. The van der Waals surface area contributed by atoms with Gasteiger partial charge in [-0.3, -0.25) is 10.3 Å². The Kier molecular flexibility index (Phi) is 3.14. The Labute approximate surface area is 113 Å². The Morgan fingerprint density at radius 3 is 2.58 bits per heavy atom. The molecule has 0 aromatic carbocycles. The molecule has 5 nitrogen and oxygen atoms in total. The summed E-state index contributed by atoms with van der Waals surface area (Å²) in [5, 5.41) is 7.75. The molecule has 5 heteroatoms. The van der Waals surface area contributed by atoms with Gasteiger partial charge in [0.25, 0.3) is 0 Å². The quantitative estimate of drug-likeness (QED) is 0.626. The summed E-state index contributed by atoms with van der Waals surface area (Å²) >= 11 is 0. The third-order valence-corrected chi connectivity index (χ3v) is 4.09. The molecule has 0 radical (unpaired) electrons. The second-order valence-corrected chi connectivity index (χ2v) is 5.49. The number of anilines is 1. The summed E-state index contributed by atoms with van der Waals surface area (Å²) in [4.78, 5) is 9.29. The SMILES string of the molecule is Cc1ccnc(N2CCN(C3CC3)CC2)c1C(=N)N. The van der Waals surface area contributed by atoms with E-state index in [0.717, 1.165) is 49.2 Å². The lowest BCUT2D eigenvalue weighted by atomic mass is 10.1. The van der Waals surface area contributed by atoms with Gasteiger partial charge < -0.3 is 10.6 Å². The minimum absolute atomic E-state index is 0.116. The van der Waals surface area contributed by atoms with Crippen LogP contribution < -0.4 is 10.6 Å². The number of nitrogens with zero attached hydrogens (tertiary/aromatic N) is 3. The molecule has 1 saturated heterocycles. The number of hydrogen-bond donors (Lipinski definition) is 2. The van der Waals surface area contributed by atoms with E-state index in [0.29, 0.717) is 0 Å². The first-order chi connectivity index (χ1) is 9.16. The van der Waals surface area contributed by atoms with E-state index < -0.39 is 0 Å². The van der Waals surface area contributed by atoms with Gasteiger partial charge >= 0.3 is 0 Å². The average molecular weight is 259 g/mol.